The second-order valence-corrected chi connectivity index (χ2v) is 2.07. The fraction of sp³-hybridized carbons (Fsp3) is 0.833. The summed E-state index contributed by atoms with van der Waals surface area (Å²) in [5, 5.41) is 3.60. The monoisotopic (exact) mass is 160 g/mol. The molecule has 1 rings (SSSR count). The van der Waals surface area contributed by atoms with Crippen LogP contribution in [-0.2, 0) is 14.4 Å². The van der Waals surface area contributed by atoms with Crippen LogP contribution in [0.5, 0.6) is 0 Å². The molecule has 0 saturated carbocycles. The summed E-state index contributed by atoms with van der Waals surface area (Å²) < 4.78 is 9.79. The molecule has 1 saturated heterocycles. The number of nitrogens with zero attached hydrogens (tertiary/aromatic N) is 1. The number of rotatable bonds is 4. The molecular formula is C6H12N2O3. The first-order valence-electron chi connectivity index (χ1n) is 3.53. The van der Waals surface area contributed by atoms with Crippen LogP contribution >= 0.6 is 0 Å². The highest BCUT2D eigenvalue weighted by atomic mass is 16.8. The van der Waals surface area contributed by atoms with Gasteiger partial charge in [0.05, 0.1) is 13.2 Å². The third kappa shape index (κ3) is 3.79. The van der Waals surface area contributed by atoms with Crippen LogP contribution in [0.4, 0.5) is 0 Å². The molecule has 0 aromatic carbocycles. The zero-order valence-corrected chi connectivity index (χ0v) is 6.66. The van der Waals surface area contributed by atoms with Gasteiger partial charge in [-0.05, 0) is 12.1 Å². The van der Waals surface area contributed by atoms with Gasteiger partial charge in [-0.3, -0.25) is 4.94 Å². The van der Waals surface area contributed by atoms with Crippen LogP contribution in [-0.4, -0.2) is 25.3 Å². The molecule has 5 heteroatoms. The Morgan fingerprint density at radius 1 is 1.82 bits per heavy atom. The first-order chi connectivity index (χ1) is 5.33. The van der Waals surface area contributed by atoms with Gasteiger partial charge in [-0.25, -0.2) is 0 Å². The quantitative estimate of drug-likeness (QED) is 0.277. The maximum absolute atomic E-state index is 4.99. The van der Waals surface area contributed by atoms with E-state index < -0.39 is 0 Å². The average molecular weight is 160 g/mol. The van der Waals surface area contributed by atoms with Crippen molar-refractivity contribution >= 4 is 5.90 Å². The molecule has 0 spiro atoms. The Bertz CT molecular complexity index is 145. The summed E-state index contributed by atoms with van der Waals surface area (Å²) in [5.41, 5.74) is 2.56. The van der Waals surface area contributed by atoms with Crippen molar-refractivity contribution in [1.82, 2.24) is 5.48 Å². The van der Waals surface area contributed by atoms with Crippen LogP contribution in [0, 0.1) is 0 Å². The second kappa shape index (κ2) is 4.15. The van der Waals surface area contributed by atoms with Gasteiger partial charge < -0.3 is 9.47 Å². The van der Waals surface area contributed by atoms with Gasteiger partial charge in [0, 0.05) is 6.92 Å². The van der Waals surface area contributed by atoms with E-state index in [0.29, 0.717) is 19.1 Å². The van der Waals surface area contributed by atoms with Crippen LogP contribution < -0.4 is 5.48 Å². The van der Waals surface area contributed by atoms with Crippen molar-refractivity contribution in [2.45, 2.75) is 20.1 Å². The molecule has 0 amide bonds. The Balaban J connectivity index is 2.01. The van der Waals surface area contributed by atoms with Crippen LogP contribution in [0.25, 0.3) is 0 Å². The molecule has 11 heavy (non-hydrogen) atoms. The van der Waals surface area contributed by atoms with E-state index in [1.54, 1.807) is 6.92 Å². The minimum Gasteiger partial charge on any atom is -0.479 e. The molecule has 0 radical (unpaired) electrons. The lowest BCUT2D eigenvalue weighted by Crippen LogP contribution is -2.16. The van der Waals surface area contributed by atoms with Crippen LogP contribution in [0.3, 0.4) is 0 Å². The highest BCUT2D eigenvalue weighted by Gasteiger charge is 2.22. The molecule has 5 nitrogen and oxygen atoms in total. The highest BCUT2D eigenvalue weighted by molar-refractivity contribution is 5.72. The fourth-order valence-corrected chi connectivity index (χ4v) is 0.501. The summed E-state index contributed by atoms with van der Waals surface area (Å²) in [6, 6.07) is 0. The SMILES string of the molecule is CCO/C(C)=N/ONC1CO1. The molecule has 1 unspecified atom stereocenters. The van der Waals surface area contributed by atoms with Crippen molar-refractivity contribution < 1.29 is 14.4 Å². The molecular weight excluding hydrogens is 148 g/mol. The molecule has 0 aromatic rings. The zero-order valence-electron chi connectivity index (χ0n) is 6.66. The number of hydrogen-bond acceptors (Lipinski definition) is 5. The molecule has 1 fully saturated rings. The molecule has 0 aromatic heterocycles. The minimum absolute atomic E-state index is 0.00757. The second-order valence-electron chi connectivity index (χ2n) is 2.07. The van der Waals surface area contributed by atoms with Gasteiger partial charge in [0.1, 0.15) is 0 Å². The Hall–Kier alpha value is -0.810. The minimum atomic E-state index is 0.00757. The lowest BCUT2D eigenvalue weighted by Gasteiger charge is -2.00. The summed E-state index contributed by atoms with van der Waals surface area (Å²) in [7, 11) is 0. The third-order valence-corrected chi connectivity index (χ3v) is 1.04. The summed E-state index contributed by atoms with van der Waals surface area (Å²) in [5.74, 6) is 0.501. The van der Waals surface area contributed by atoms with Crippen LogP contribution in [0.2, 0.25) is 0 Å². The predicted molar refractivity (Wildman–Crippen MR) is 38.7 cm³/mol. The van der Waals surface area contributed by atoms with Crippen molar-refractivity contribution in [1.29, 1.82) is 0 Å². The number of hydrogen-bond donors (Lipinski definition) is 1. The third-order valence-electron chi connectivity index (χ3n) is 1.04. The first kappa shape index (κ1) is 8.29. The van der Waals surface area contributed by atoms with Gasteiger partial charge in [0.25, 0.3) is 0 Å². The lowest BCUT2D eigenvalue weighted by atomic mass is 10.7. The first-order valence-corrected chi connectivity index (χ1v) is 3.53. The van der Waals surface area contributed by atoms with E-state index in [0.717, 1.165) is 0 Å². The van der Waals surface area contributed by atoms with E-state index in [1.165, 1.54) is 0 Å². The van der Waals surface area contributed by atoms with Gasteiger partial charge in [0.2, 0.25) is 5.90 Å². The average Bonchev–Trinajstić information content (AvgIpc) is 2.72. The topological polar surface area (TPSA) is 55.4 Å². The number of hydroxylamine groups is 1. The maximum atomic E-state index is 4.99. The predicted octanol–water partition coefficient (Wildman–Crippen LogP) is 0.234. The zero-order chi connectivity index (χ0) is 8.10. The van der Waals surface area contributed by atoms with Crippen molar-refractivity contribution in [3.05, 3.63) is 0 Å². The van der Waals surface area contributed by atoms with Gasteiger partial charge >= 0.3 is 0 Å². The van der Waals surface area contributed by atoms with Crippen molar-refractivity contribution in [3.63, 3.8) is 0 Å². The standard InChI is InChI=1S/C6H12N2O3/c1-3-9-5(2)7-11-8-6-4-10-6/h6,8H,3-4H2,1-2H3/b7-5+. The molecule has 1 atom stereocenters. The van der Waals surface area contributed by atoms with Gasteiger partial charge in [0.15, 0.2) is 6.23 Å². The van der Waals surface area contributed by atoms with Crippen LogP contribution in [0.15, 0.2) is 5.16 Å². The lowest BCUT2D eigenvalue weighted by molar-refractivity contribution is 0.0148. The summed E-state index contributed by atoms with van der Waals surface area (Å²) in [6.45, 7) is 4.89. The summed E-state index contributed by atoms with van der Waals surface area (Å²) in [4.78, 5) is 4.66. The van der Waals surface area contributed by atoms with Crippen LogP contribution in [0.1, 0.15) is 13.8 Å². The molecule has 1 aliphatic heterocycles. The maximum Gasteiger partial charge on any atom is 0.224 e. The van der Waals surface area contributed by atoms with Crippen molar-refractivity contribution in [3.8, 4) is 0 Å². The Morgan fingerprint density at radius 2 is 2.55 bits per heavy atom. The number of nitrogens with one attached hydrogen (secondary N) is 1. The number of epoxide rings is 1. The fourth-order valence-electron chi connectivity index (χ4n) is 0.501. The van der Waals surface area contributed by atoms with E-state index in [2.05, 4.69) is 15.6 Å². The van der Waals surface area contributed by atoms with Crippen molar-refractivity contribution in [2.75, 3.05) is 13.2 Å². The normalized spacial score (nSPS) is 23.1. The van der Waals surface area contributed by atoms with E-state index in [9.17, 15) is 0 Å². The van der Waals surface area contributed by atoms with E-state index in [4.69, 9.17) is 9.47 Å². The molecule has 1 heterocycles. The summed E-state index contributed by atoms with van der Waals surface area (Å²) in [6.07, 6.45) is 0.00757. The van der Waals surface area contributed by atoms with E-state index >= 15 is 0 Å². The molecule has 1 aliphatic rings. The van der Waals surface area contributed by atoms with Gasteiger partial charge in [-0.15, -0.1) is 0 Å². The largest absolute Gasteiger partial charge is 0.479 e. The number of oxime groups is 1. The van der Waals surface area contributed by atoms with E-state index in [-0.39, 0.29) is 6.23 Å². The smallest absolute Gasteiger partial charge is 0.224 e. The Kier molecular flexibility index (Phi) is 3.13. The summed E-state index contributed by atoms with van der Waals surface area (Å²) >= 11 is 0. The van der Waals surface area contributed by atoms with Crippen molar-refractivity contribution in [2.24, 2.45) is 5.16 Å². The molecule has 1 N–H and O–H groups in total. The van der Waals surface area contributed by atoms with Gasteiger partial charge in [-0.1, -0.05) is 5.48 Å². The number of ether oxygens (including phenoxy) is 2. The van der Waals surface area contributed by atoms with Gasteiger partial charge in [-0.2, -0.15) is 0 Å². The van der Waals surface area contributed by atoms with E-state index in [1.807, 2.05) is 6.92 Å². The highest BCUT2D eigenvalue weighted by Crippen LogP contribution is 2.03. The molecule has 0 aliphatic carbocycles. The Morgan fingerprint density at radius 3 is 3.09 bits per heavy atom. The molecule has 0 bridgehead atoms. The Labute approximate surface area is 65.3 Å². The molecule has 64 valence electrons.